The Bertz CT molecular complexity index is 622. The SMILES string of the molecule is Fc1cc(CNc2cn(CC3CC3)nn2)ccc1C(F)F. The molecule has 0 bridgehead atoms. The van der Waals surface area contributed by atoms with Gasteiger partial charge in [-0.2, -0.15) is 0 Å². The number of alkyl halides is 2. The first kappa shape index (κ1) is 13.9. The first-order valence-corrected chi connectivity index (χ1v) is 6.82. The topological polar surface area (TPSA) is 42.7 Å². The molecule has 1 saturated carbocycles. The Morgan fingerprint density at radius 3 is 2.81 bits per heavy atom. The maximum absolute atomic E-state index is 13.4. The number of benzene rings is 1. The van der Waals surface area contributed by atoms with Gasteiger partial charge in [-0.15, -0.1) is 5.10 Å². The quantitative estimate of drug-likeness (QED) is 0.888. The molecule has 3 rings (SSSR count). The molecule has 0 saturated heterocycles. The lowest BCUT2D eigenvalue weighted by Crippen LogP contribution is -2.02. The summed E-state index contributed by atoms with van der Waals surface area (Å²) in [6.07, 6.45) is 1.47. The summed E-state index contributed by atoms with van der Waals surface area (Å²) in [7, 11) is 0. The number of hydrogen-bond donors (Lipinski definition) is 1. The number of rotatable bonds is 6. The molecule has 0 amide bonds. The molecular formula is C14H15F3N4. The van der Waals surface area contributed by atoms with Crippen LogP contribution in [-0.4, -0.2) is 15.0 Å². The van der Waals surface area contributed by atoms with Crippen LogP contribution in [0.25, 0.3) is 0 Å². The summed E-state index contributed by atoms with van der Waals surface area (Å²) in [6, 6.07) is 3.70. The van der Waals surface area contributed by atoms with E-state index in [1.165, 1.54) is 18.9 Å². The first-order valence-electron chi connectivity index (χ1n) is 6.82. The molecule has 7 heteroatoms. The lowest BCUT2D eigenvalue weighted by atomic mass is 10.1. The van der Waals surface area contributed by atoms with Gasteiger partial charge in [0, 0.05) is 13.1 Å². The maximum atomic E-state index is 13.4. The summed E-state index contributed by atoms with van der Waals surface area (Å²) in [5.74, 6) is 0.409. The molecule has 1 aromatic heterocycles. The average molecular weight is 296 g/mol. The smallest absolute Gasteiger partial charge is 0.266 e. The Balaban J connectivity index is 1.59. The third kappa shape index (κ3) is 3.53. The molecule has 0 atom stereocenters. The second kappa shape index (κ2) is 5.75. The molecule has 1 aliphatic carbocycles. The molecule has 21 heavy (non-hydrogen) atoms. The second-order valence-electron chi connectivity index (χ2n) is 5.28. The molecule has 1 fully saturated rings. The summed E-state index contributed by atoms with van der Waals surface area (Å²) in [5, 5.41) is 11.0. The number of anilines is 1. The third-order valence-electron chi connectivity index (χ3n) is 3.45. The van der Waals surface area contributed by atoms with Crippen molar-refractivity contribution in [1.82, 2.24) is 15.0 Å². The summed E-state index contributed by atoms with van der Waals surface area (Å²) >= 11 is 0. The normalized spacial score (nSPS) is 14.7. The van der Waals surface area contributed by atoms with Crippen molar-refractivity contribution in [3.63, 3.8) is 0 Å². The lowest BCUT2D eigenvalue weighted by molar-refractivity contribution is 0.146. The summed E-state index contributed by atoms with van der Waals surface area (Å²) in [4.78, 5) is 0. The first-order chi connectivity index (χ1) is 10.1. The van der Waals surface area contributed by atoms with Crippen molar-refractivity contribution in [2.24, 2.45) is 5.92 Å². The van der Waals surface area contributed by atoms with Gasteiger partial charge in [-0.25, -0.2) is 13.2 Å². The number of nitrogens with zero attached hydrogens (tertiary/aromatic N) is 3. The van der Waals surface area contributed by atoms with E-state index in [-0.39, 0.29) is 0 Å². The molecule has 0 unspecified atom stereocenters. The van der Waals surface area contributed by atoms with Crippen LogP contribution in [0, 0.1) is 11.7 Å². The largest absolute Gasteiger partial charge is 0.363 e. The van der Waals surface area contributed by atoms with Gasteiger partial charge in [0.2, 0.25) is 0 Å². The minimum atomic E-state index is -2.80. The van der Waals surface area contributed by atoms with Crippen molar-refractivity contribution in [3.05, 3.63) is 41.3 Å². The van der Waals surface area contributed by atoms with Gasteiger partial charge < -0.3 is 5.32 Å². The van der Waals surface area contributed by atoms with E-state index < -0.39 is 17.8 Å². The van der Waals surface area contributed by atoms with Gasteiger partial charge in [0.25, 0.3) is 6.43 Å². The van der Waals surface area contributed by atoms with Crippen LogP contribution in [0.3, 0.4) is 0 Å². The van der Waals surface area contributed by atoms with E-state index in [9.17, 15) is 13.2 Å². The number of hydrogen-bond acceptors (Lipinski definition) is 3. The minimum Gasteiger partial charge on any atom is -0.363 e. The van der Waals surface area contributed by atoms with Crippen LogP contribution < -0.4 is 5.32 Å². The van der Waals surface area contributed by atoms with E-state index >= 15 is 0 Å². The molecule has 112 valence electrons. The number of aromatic nitrogens is 3. The fourth-order valence-electron chi connectivity index (χ4n) is 2.08. The van der Waals surface area contributed by atoms with Crippen LogP contribution >= 0.6 is 0 Å². The van der Waals surface area contributed by atoms with Crippen LogP contribution in [-0.2, 0) is 13.1 Å². The van der Waals surface area contributed by atoms with Crippen molar-refractivity contribution in [2.45, 2.75) is 32.4 Å². The third-order valence-corrected chi connectivity index (χ3v) is 3.45. The Morgan fingerprint density at radius 2 is 2.14 bits per heavy atom. The van der Waals surface area contributed by atoms with Crippen LogP contribution in [0.15, 0.2) is 24.4 Å². The van der Waals surface area contributed by atoms with E-state index in [4.69, 9.17) is 0 Å². The highest BCUT2D eigenvalue weighted by molar-refractivity contribution is 5.33. The van der Waals surface area contributed by atoms with E-state index in [1.807, 2.05) is 0 Å². The molecule has 4 nitrogen and oxygen atoms in total. The zero-order valence-corrected chi connectivity index (χ0v) is 11.3. The predicted octanol–water partition coefficient (Wildman–Crippen LogP) is 3.38. The van der Waals surface area contributed by atoms with Gasteiger partial charge in [-0.1, -0.05) is 17.3 Å². The van der Waals surface area contributed by atoms with Crippen LogP contribution in [0.2, 0.25) is 0 Å². The standard InChI is InChI=1S/C14H15F3N4/c15-12-5-10(3-4-11(12)14(16)17)6-18-13-8-21(20-19-13)7-9-1-2-9/h3-5,8-9,14,18H,1-2,6-7H2. The Labute approximate surface area is 120 Å². The van der Waals surface area contributed by atoms with Gasteiger partial charge in [0.1, 0.15) is 5.82 Å². The van der Waals surface area contributed by atoms with Crippen molar-refractivity contribution in [1.29, 1.82) is 0 Å². The van der Waals surface area contributed by atoms with Crippen LogP contribution in [0.4, 0.5) is 19.0 Å². The predicted molar refractivity (Wildman–Crippen MR) is 71.4 cm³/mol. The zero-order valence-electron chi connectivity index (χ0n) is 11.3. The zero-order chi connectivity index (χ0) is 14.8. The van der Waals surface area contributed by atoms with Crippen LogP contribution in [0.5, 0.6) is 0 Å². The van der Waals surface area contributed by atoms with Gasteiger partial charge in [0.15, 0.2) is 5.82 Å². The molecule has 0 radical (unpaired) electrons. The molecule has 1 aromatic carbocycles. The Morgan fingerprint density at radius 1 is 1.33 bits per heavy atom. The molecule has 0 aliphatic heterocycles. The average Bonchev–Trinajstić information content (AvgIpc) is 3.13. The summed E-state index contributed by atoms with van der Waals surface area (Å²) in [6.45, 7) is 1.18. The maximum Gasteiger partial charge on any atom is 0.266 e. The van der Waals surface area contributed by atoms with Gasteiger partial charge in [-0.05, 0) is 30.4 Å². The van der Waals surface area contributed by atoms with Crippen LogP contribution in [0.1, 0.15) is 30.4 Å². The number of nitrogens with one attached hydrogen (secondary N) is 1. The molecule has 1 heterocycles. The van der Waals surface area contributed by atoms with E-state index in [0.29, 0.717) is 23.8 Å². The van der Waals surface area contributed by atoms with E-state index in [1.54, 1.807) is 10.9 Å². The Hall–Kier alpha value is -2.05. The highest BCUT2D eigenvalue weighted by Crippen LogP contribution is 2.30. The molecule has 0 spiro atoms. The summed E-state index contributed by atoms with van der Waals surface area (Å²) in [5.41, 5.74) is 0.00257. The molecular weight excluding hydrogens is 281 g/mol. The lowest BCUT2D eigenvalue weighted by Gasteiger charge is -2.06. The summed E-state index contributed by atoms with van der Waals surface area (Å²) < 4.78 is 40.1. The highest BCUT2D eigenvalue weighted by atomic mass is 19.3. The van der Waals surface area contributed by atoms with Gasteiger partial charge in [0.05, 0.1) is 11.8 Å². The number of halogens is 3. The van der Waals surface area contributed by atoms with E-state index in [2.05, 4.69) is 15.6 Å². The fraction of sp³-hybridized carbons (Fsp3) is 0.429. The van der Waals surface area contributed by atoms with Crippen molar-refractivity contribution in [2.75, 3.05) is 5.32 Å². The minimum absolute atomic E-state index is 0.308. The van der Waals surface area contributed by atoms with Crippen molar-refractivity contribution >= 4 is 5.82 Å². The van der Waals surface area contributed by atoms with Gasteiger partial charge in [-0.3, -0.25) is 4.68 Å². The van der Waals surface area contributed by atoms with Crippen molar-refractivity contribution in [3.8, 4) is 0 Å². The molecule has 2 aromatic rings. The van der Waals surface area contributed by atoms with E-state index in [0.717, 1.165) is 18.7 Å². The highest BCUT2D eigenvalue weighted by Gasteiger charge is 2.22. The molecule has 1 N–H and O–H groups in total. The monoisotopic (exact) mass is 296 g/mol. The molecule has 1 aliphatic rings. The Kier molecular flexibility index (Phi) is 3.81. The second-order valence-corrected chi connectivity index (χ2v) is 5.28. The van der Waals surface area contributed by atoms with Gasteiger partial charge >= 0.3 is 0 Å². The fourth-order valence-corrected chi connectivity index (χ4v) is 2.08. The van der Waals surface area contributed by atoms with Crippen molar-refractivity contribution < 1.29 is 13.2 Å².